The summed E-state index contributed by atoms with van der Waals surface area (Å²) in [5, 5.41) is 113. The maximum absolute atomic E-state index is 14.2. The normalized spacial score (nSPS) is 38.2. The van der Waals surface area contributed by atoms with Gasteiger partial charge in [0.1, 0.15) is 83.2 Å². The Kier molecular flexibility index (Phi) is 11.0. The number of fused-ring (bicyclic) bond motifs is 1. The van der Waals surface area contributed by atoms with Gasteiger partial charge in [-0.2, -0.15) is 0 Å². The van der Waals surface area contributed by atoms with Crippen LogP contribution in [-0.4, -0.2) is 155 Å². The van der Waals surface area contributed by atoms with E-state index in [9.17, 15) is 61.0 Å². The molecule has 6 rings (SSSR count). The Hall–Kier alpha value is -3.67. The van der Waals surface area contributed by atoms with Crippen molar-refractivity contribution in [2.75, 3.05) is 6.61 Å². The number of phenols is 2. The molecule has 4 heterocycles. The number of phenolic OH excluding ortho intramolecular Hbond substituents is 2. The van der Waals surface area contributed by atoms with E-state index in [1.54, 1.807) is 0 Å². The molecule has 19 nitrogen and oxygen atoms in total. The highest BCUT2D eigenvalue weighted by molar-refractivity contribution is 5.88. The van der Waals surface area contributed by atoms with Crippen LogP contribution in [0.1, 0.15) is 13.8 Å². The second-order valence-electron chi connectivity index (χ2n) is 12.9. The van der Waals surface area contributed by atoms with Crippen LogP contribution in [0.2, 0.25) is 0 Å². The van der Waals surface area contributed by atoms with Crippen molar-refractivity contribution in [1.82, 2.24) is 0 Å². The Morgan fingerprint density at radius 2 is 1.27 bits per heavy atom. The van der Waals surface area contributed by atoms with Crippen molar-refractivity contribution in [2.45, 2.75) is 106 Å². The molecule has 3 aliphatic rings. The molecule has 286 valence electrons. The van der Waals surface area contributed by atoms with Crippen molar-refractivity contribution in [3.63, 3.8) is 0 Å². The summed E-state index contributed by atoms with van der Waals surface area (Å²) in [4.78, 5) is 14.2. The molecule has 0 saturated carbocycles. The van der Waals surface area contributed by atoms with Crippen LogP contribution < -0.4 is 14.9 Å². The number of aliphatic hydroxyl groups excluding tert-OH is 9. The minimum absolute atomic E-state index is 0.144. The number of aliphatic hydroxyl groups is 9. The van der Waals surface area contributed by atoms with Gasteiger partial charge in [0, 0.05) is 17.7 Å². The van der Waals surface area contributed by atoms with Gasteiger partial charge < -0.3 is 89.0 Å². The van der Waals surface area contributed by atoms with Gasteiger partial charge in [-0.15, -0.1) is 0 Å². The minimum atomic E-state index is -1.93. The van der Waals surface area contributed by atoms with Gasteiger partial charge in [-0.3, -0.25) is 4.79 Å². The zero-order chi connectivity index (χ0) is 37.8. The SMILES string of the molecule is CC1OC(Oc2cc(O)c3c(=O)c(OC4OC(C)C(O)C(O)C4OC4OC(CO)C(O)C(O)C4O)c(-c4ccc(O)cc4)oc3c2)C(O)C(O)C1O. The first-order chi connectivity index (χ1) is 24.6. The average Bonchev–Trinajstić information content (AvgIpc) is 3.11. The highest BCUT2D eigenvalue weighted by Gasteiger charge is 2.51. The molecule has 3 fully saturated rings. The van der Waals surface area contributed by atoms with Crippen LogP contribution in [0.15, 0.2) is 45.6 Å². The van der Waals surface area contributed by atoms with Crippen LogP contribution in [0.5, 0.6) is 23.0 Å². The maximum atomic E-state index is 14.2. The molecule has 1 aromatic heterocycles. The molecule has 0 aliphatic carbocycles. The summed E-state index contributed by atoms with van der Waals surface area (Å²) in [7, 11) is 0. The minimum Gasteiger partial charge on any atom is -0.508 e. The van der Waals surface area contributed by atoms with Crippen molar-refractivity contribution in [1.29, 1.82) is 0 Å². The second kappa shape index (κ2) is 15.0. The molecule has 15 unspecified atom stereocenters. The van der Waals surface area contributed by atoms with E-state index in [1.165, 1.54) is 44.2 Å². The lowest BCUT2D eigenvalue weighted by molar-refractivity contribution is -0.355. The summed E-state index contributed by atoms with van der Waals surface area (Å²) in [6.45, 7) is 2.02. The van der Waals surface area contributed by atoms with Crippen molar-refractivity contribution in [3.8, 4) is 34.3 Å². The van der Waals surface area contributed by atoms with Gasteiger partial charge in [0.15, 0.2) is 18.2 Å². The van der Waals surface area contributed by atoms with Crippen LogP contribution in [0.25, 0.3) is 22.3 Å². The first-order valence-electron chi connectivity index (χ1n) is 16.2. The van der Waals surface area contributed by atoms with Gasteiger partial charge >= 0.3 is 0 Å². The predicted molar refractivity (Wildman–Crippen MR) is 170 cm³/mol. The number of hydrogen-bond donors (Lipinski definition) is 11. The lowest BCUT2D eigenvalue weighted by Crippen LogP contribution is -2.64. The van der Waals surface area contributed by atoms with E-state index >= 15 is 0 Å². The molecular weight excluding hydrogens is 700 g/mol. The molecule has 3 aromatic rings. The zero-order valence-corrected chi connectivity index (χ0v) is 27.5. The van der Waals surface area contributed by atoms with Gasteiger partial charge in [0.05, 0.1) is 18.8 Å². The van der Waals surface area contributed by atoms with E-state index in [4.69, 9.17) is 32.8 Å². The van der Waals surface area contributed by atoms with Gasteiger partial charge in [0.25, 0.3) is 0 Å². The van der Waals surface area contributed by atoms with Crippen LogP contribution in [0, 0.1) is 0 Å². The van der Waals surface area contributed by atoms with Crippen LogP contribution in [0.4, 0.5) is 0 Å². The number of benzene rings is 2. The van der Waals surface area contributed by atoms with E-state index in [-0.39, 0.29) is 28.4 Å². The quantitative estimate of drug-likeness (QED) is 0.110. The summed E-state index contributed by atoms with van der Waals surface area (Å²) >= 11 is 0. The monoisotopic (exact) mass is 740 g/mol. The molecule has 0 amide bonds. The van der Waals surface area contributed by atoms with Crippen molar-refractivity contribution in [2.24, 2.45) is 0 Å². The third-order valence-electron chi connectivity index (χ3n) is 9.25. The number of aromatic hydroxyl groups is 2. The van der Waals surface area contributed by atoms with E-state index in [1.807, 2.05) is 0 Å². The average molecular weight is 741 g/mol. The van der Waals surface area contributed by atoms with Crippen LogP contribution in [0.3, 0.4) is 0 Å². The standard InChI is InChI=1S/C33H40O19/c1-10-19(37)23(41)26(44)31(46-10)48-14-7-15(36)18-16(8-14)49-28(12-3-5-13(35)6-4-12)29(22(18)40)51-33-30(25(43)20(38)11(2)47-33)52-32-27(45)24(42)21(39)17(9-34)50-32/h3-8,10-11,17,19-21,23-27,30-39,41-45H,9H2,1-2H3. The van der Waals surface area contributed by atoms with Crippen molar-refractivity contribution >= 4 is 11.0 Å². The second-order valence-corrected chi connectivity index (χ2v) is 12.9. The molecule has 19 heteroatoms. The molecule has 52 heavy (non-hydrogen) atoms. The molecule has 15 atom stereocenters. The zero-order valence-electron chi connectivity index (χ0n) is 27.5. The van der Waals surface area contributed by atoms with E-state index in [2.05, 4.69) is 0 Å². The molecule has 2 aromatic carbocycles. The van der Waals surface area contributed by atoms with Gasteiger partial charge in [-0.25, -0.2) is 0 Å². The van der Waals surface area contributed by atoms with Crippen molar-refractivity contribution in [3.05, 3.63) is 46.6 Å². The Morgan fingerprint density at radius 1 is 0.673 bits per heavy atom. The maximum Gasteiger partial charge on any atom is 0.239 e. The fourth-order valence-electron chi connectivity index (χ4n) is 6.17. The number of hydrogen-bond acceptors (Lipinski definition) is 19. The summed E-state index contributed by atoms with van der Waals surface area (Å²) in [6, 6.07) is 7.43. The van der Waals surface area contributed by atoms with Gasteiger partial charge in [-0.1, -0.05) is 0 Å². The smallest absolute Gasteiger partial charge is 0.239 e. The first kappa shape index (κ1) is 38.1. The van der Waals surface area contributed by atoms with Crippen LogP contribution in [-0.2, 0) is 18.9 Å². The third-order valence-corrected chi connectivity index (χ3v) is 9.25. The summed E-state index contributed by atoms with van der Waals surface area (Å²) in [6.07, 6.45) is -24.1. The topological polar surface area (TPSA) is 308 Å². The summed E-state index contributed by atoms with van der Waals surface area (Å²) in [5.41, 5.74) is -1.14. The molecule has 3 saturated heterocycles. The summed E-state index contributed by atoms with van der Waals surface area (Å²) in [5.74, 6) is -1.97. The Labute approximate surface area is 293 Å². The first-order valence-corrected chi connectivity index (χ1v) is 16.2. The Balaban J connectivity index is 1.40. The fourth-order valence-corrected chi connectivity index (χ4v) is 6.17. The molecule has 0 bridgehead atoms. The molecule has 11 N–H and O–H groups in total. The highest BCUT2D eigenvalue weighted by atomic mass is 16.8. The van der Waals surface area contributed by atoms with E-state index in [0.29, 0.717) is 0 Å². The van der Waals surface area contributed by atoms with Gasteiger partial charge in [-0.05, 0) is 38.1 Å². The largest absolute Gasteiger partial charge is 0.508 e. The fraction of sp³-hybridized carbons (Fsp3) is 0.545. The molecule has 0 spiro atoms. The van der Waals surface area contributed by atoms with Gasteiger partial charge in [0.2, 0.25) is 23.8 Å². The summed E-state index contributed by atoms with van der Waals surface area (Å²) < 4.78 is 40.1. The molecular formula is C33H40O19. The van der Waals surface area contributed by atoms with Crippen LogP contribution >= 0.6 is 0 Å². The van der Waals surface area contributed by atoms with E-state index in [0.717, 1.165) is 6.07 Å². The molecule has 3 aliphatic heterocycles. The number of ether oxygens (including phenoxy) is 6. The highest BCUT2D eigenvalue weighted by Crippen LogP contribution is 2.39. The number of rotatable bonds is 8. The third kappa shape index (κ3) is 7.03. The van der Waals surface area contributed by atoms with Crippen molar-refractivity contribution < 1.29 is 89.0 Å². The Bertz CT molecular complexity index is 1760. The lowest BCUT2D eigenvalue weighted by atomic mass is 9.97. The predicted octanol–water partition coefficient (Wildman–Crippen LogP) is -2.89. The van der Waals surface area contributed by atoms with E-state index < -0.39 is 121 Å². The molecule has 0 radical (unpaired) electrons. The Morgan fingerprint density at radius 3 is 1.92 bits per heavy atom. The lowest BCUT2D eigenvalue weighted by Gasteiger charge is -2.45.